The van der Waals surface area contributed by atoms with Crippen LogP contribution in [0.2, 0.25) is 0 Å². The van der Waals surface area contributed by atoms with Gasteiger partial charge in [-0.1, -0.05) is 6.07 Å². The van der Waals surface area contributed by atoms with E-state index in [4.69, 9.17) is 24.7 Å². The summed E-state index contributed by atoms with van der Waals surface area (Å²) in [5.74, 6) is 1.48. The van der Waals surface area contributed by atoms with Crippen molar-refractivity contribution in [1.82, 2.24) is 0 Å². The molecule has 8 heteroatoms. The van der Waals surface area contributed by atoms with Gasteiger partial charge in [0, 0.05) is 24.3 Å². The van der Waals surface area contributed by atoms with E-state index in [9.17, 15) is 4.79 Å². The summed E-state index contributed by atoms with van der Waals surface area (Å²) in [7, 11) is 0. The van der Waals surface area contributed by atoms with E-state index >= 15 is 0 Å². The topological polar surface area (TPSA) is 92.0 Å². The van der Waals surface area contributed by atoms with Crippen LogP contribution in [0.1, 0.15) is 23.2 Å². The van der Waals surface area contributed by atoms with Gasteiger partial charge in [-0.3, -0.25) is 4.79 Å². The van der Waals surface area contributed by atoms with Gasteiger partial charge in [0.05, 0.1) is 17.5 Å². The lowest BCUT2D eigenvalue weighted by atomic mass is 10.2. The molecule has 2 aromatic carbocycles. The van der Waals surface area contributed by atoms with E-state index in [1.165, 1.54) is 0 Å². The molecule has 2 heterocycles. The minimum absolute atomic E-state index is 0. The number of nitrogens with one attached hydrogen (secondary N) is 1. The van der Waals surface area contributed by atoms with Gasteiger partial charge in [0.25, 0.3) is 5.91 Å². The van der Waals surface area contributed by atoms with Crippen LogP contribution in [0.4, 0.5) is 11.4 Å². The summed E-state index contributed by atoms with van der Waals surface area (Å²) >= 11 is 0. The molecule has 27 heavy (non-hydrogen) atoms. The number of ether oxygens (including phenoxy) is 4. The van der Waals surface area contributed by atoms with Crippen molar-refractivity contribution in [2.24, 2.45) is 0 Å². The number of amides is 1. The average Bonchev–Trinajstić information content (AvgIpc) is 3.32. The van der Waals surface area contributed by atoms with Crippen LogP contribution in [-0.4, -0.2) is 32.0 Å². The van der Waals surface area contributed by atoms with Crippen LogP contribution in [0, 0.1) is 0 Å². The fourth-order valence-electron chi connectivity index (χ4n) is 2.95. The lowest BCUT2D eigenvalue weighted by Gasteiger charge is -2.13. The Bertz CT molecular complexity index is 824. The molecule has 0 spiro atoms. The second kappa shape index (κ2) is 8.37. The smallest absolute Gasteiger partial charge is 0.255 e. The first kappa shape index (κ1) is 19.1. The predicted molar refractivity (Wildman–Crippen MR) is 103 cm³/mol. The first-order valence-corrected chi connectivity index (χ1v) is 8.54. The average molecular weight is 393 g/mol. The summed E-state index contributed by atoms with van der Waals surface area (Å²) in [5.41, 5.74) is 7.34. The van der Waals surface area contributed by atoms with E-state index in [0.29, 0.717) is 40.8 Å². The standard InChI is InChI=1S/C19H20N2O5.ClH/c20-15-8-17-18(26-11-25-17)9-16(15)21-19(22)12-3-1-4-13(7-12)24-10-14-5-2-6-23-14;/h1,3-4,7-9,14H,2,5-6,10-11,20H2,(H,21,22);1H. The number of rotatable bonds is 5. The highest BCUT2D eigenvalue weighted by molar-refractivity contribution is 6.06. The quantitative estimate of drug-likeness (QED) is 0.759. The number of carbonyl (C=O) groups excluding carboxylic acids is 1. The van der Waals surface area contributed by atoms with E-state index in [0.717, 1.165) is 19.4 Å². The first-order valence-electron chi connectivity index (χ1n) is 8.54. The molecule has 144 valence electrons. The number of fused-ring (bicyclic) bond motifs is 1. The maximum atomic E-state index is 12.6. The molecule has 0 aliphatic carbocycles. The zero-order chi connectivity index (χ0) is 17.9. The summed E-state index contributed by atoms with van der Waals surface area (Å²) in [5, 5.41) is 2.80. The lowest BCUT2D eigenvalue weighted by Crippen LogP contribution is -2.17. The molecule has 1 fully saturated rings. The molecule has 1 saturated heterocycles. The Labute approximate surface area is 163 Å². The van der Waals surface area contributed by atoms with Crippen molar-refractivity contribution < 1.29 is 23.7 Å². The fourth-order valence-corrected chi connectivity index (χ4v) is 2.95. The van der Waals surface area contributed by atoms with Crippen LogP contribution < -0.4 is 25.3 Å². The third kappa shape index (κ3) is 4.37. The second-order valence-corrected chi connectivity index (χ2v) is 6.22. The molecule has 1 unspecified atom stereocenters. The highest BCUT2D eigenvalue weighted by atomic mass is 35.5. The second-order valence-electron chi connectivity index (χ2n) is 6.22. The van der Waals surface area contributed by atoms with Gasteiger partial charge in [0.2, 0.25) is 6.79 Å². The van der Waals surface area contributed by atoms with Crippen molar-refractivity contribution in [2.45, 2.75) is 18.9 Å². The zero-order valence-corrected chi connectivity index (χ0v) is 15.4. The third-order valence-electron chi connectivity index (χ3n) is 4.35. The monoisotopic (exact) mass is 392 g/mol. The summed E-state index contributed by atoms with van der Waals surface area (Å²) in [6, 6.07) is 10.3. The van der Waals surface area contributed by atoms with Crippen molar-refractivity contribution >= 4 is 29.7 Å². The number of hydrogen-bond donors (Lipinski definition) is 2. The normalized spacial score (nSPS) is 17.3. The first-order chi connectivity index (χ1) is 12.7. The molecule has 7 nitrogen and oxygen atoms in total. The van der Waals surface area contributed by atoms with Gasteiger partial charge in [-0.25, -0.2) is 0 Å². The number of nitrogens with two attached hydrogens (primary N) is 1. The van der Waals surface area contributed by atoms with E-state index in [1.54, 1.807) is 30.3 Å². The molecule has 0 saturated carbocycles. The highest BCUT2D eigenvalue weighted by Crippen LogP contribution is 2.38. The predicted octanol–water partition coefficient (Wildman–Crippen LogP) is 3.23. The summed E-state index contributed by atoms with van der Waals surface area (Å²) < 4.78 is 21.9. The van der Waals surface area contributed by atoms with Crippen LogP contribution in [0.3, 0.4) is 0 Å². The number of hydrogen-bond acceptors (Lipinski definition) is 6. The van der Waals surface area contributed by atoms with Crippen LogP contribution in [0.25, 0.3) is 0 Å². The van der Waals surface area contributed by atoms with Crippen LogP contribution >= 0.6 is 12.4 Å². The molecule has 1 amide bonds. The SMILES string of the molecule is Cl.Nc1cc2c(cc1NC(=O)c1cccc(OCC3CCCO3)c1)OCO2. The Morgan fingerprint density at radius 1 is 1.22 bits per heavy atom. The third-order valence-corrected chi connectivity index (χ3v) is 4.35. The molecule has 2 aliphatic rings. The summed E-state index contributed by atoms with van der Waals surface area (Å²) in [6.45, 7) is 1.42. The van der Waals surface area contributed by atoms with Crippen LogP contribution in [-0.2, 0) is 4.74 Å². The minimum Gasteiger partial charge on any atom is -0.491 e. The molecule has 3 N–H and O–H groups in total. The van der Waals surface area contributed by atoms with Gasteiger partial charge in [-0.15, -0.1) is 12.4 Å². The van der Waals surface area contributed by atoms with Crippen LogP contribution in [0.15, 0.2) is 36.4 Å². The largest absolute Gasteiger partial charge is 0.491 e. The Morgan fingerprint density at radius 3 is 2.81 bits per heavy atom. The number of carbonyl (C=O) groups is 1. The van der Waals surface area contributed by atoms with E-state index < -0.39 is 0 Å². The Hall–Kier alpha value is -2.64. The zero-order valence-electron chi connectivity index (χ0n) is 14.6. The van der Waals surface area contributed by atoms with E-state index in [-0.39, 0.29) is 31.2 Å². The Morgan fingerprint density at radius 2 is 2.04 bits per heavy atom. The van der Waals surface area contributed by atoms with E-state index in [2.05, 4.69) is 5.32 Å². The van der Waals surface area contributed by atoms with E-state index in [1.807, 2.05) is 6.07 Å². The Balaban J connectivity index is 0.00000210. The van der Waals surface area contributed by atoms with Gasteiger partial charge in [0.1, 0.15) is 12.4 Å². The van der Waals surface area contributed by atoms with Gasteiger partial charge in [-0.05, 0) is 31.0 Å². The Kier molecular flexibility index (Phi) is 5.93. The van der Waals surface area contributed by atoms with Gasteiger partial charge >= 0.3 is 0 Å². The van der Waals surface area contributed by atoms with Gasteiger partial charge in [-0.2, -0.15) is 0 Å². The van der Waals surface area contributed by atoms with Crippen molar-refractivity contribution in [3.8, 4) is 17.2 Å². The van der Waals surface area contributed by atoms with Crippen molar-refractivity contribution in [3.05, 3.63) is 42.0 Å². The molecule has 2 aromatic rings. The minimum atomic E-state index is -0.280. The molecule has 0 radical (unpaired) electrons. The fraction of sp³-hybridized carbons (Fsp3) is 0.316. The van der Waals surface area contributed by atoms with Crippen molar-refractivity contribution in [3.63, 3.8) is 0 Å². The molecular formula is C19H21ClN2O5. The number of nitrogen functional groups attached to an aromatic ring is 1. The van der Waals surface area contributed by atoms with Gasteiger partial charge in [0.15, 0.2) is 11.5 Å². The summed E-state index contributed by atoms with van der Waals surface area (Å²) in [6.07, 6.45) is 2.19. The number of benzene rings is 2. The summed E-state index contributed by atoms with van der Waals surface area (Å²) in [4.78, 5) is 12.6. The van der Waals surface area contributed by atoms with Gasteiger partial charge < -0.3 is 30.0 Å². The van der Waals surface area contributed by atoms with Crippen molar-refractivity contribution in [1.29, 1.82) is 0 Å². The molecular weight excluding hydrogens is 372 g/mol. The number of halogens is 1. The molecule has 1 atom stereocenters. The number of anilines is 2. The lowest BCUT2D eigenvalue weighted by molar-refractivity contribution is 0.0679. The molecule has 0 aromatic heterocycles. The highest BCUT2D eigenvalue weighted by Gasteiger charge is 2.19. The maximum Gasteiger partial charge on any atom is 0.255 e. The maximum absolute atomic E-state index is 12.6. The van der Waals surface area contributed by atoms with Crippen molar-refractivity contribution in [2.75, 3.05) is 31.1 Å². The molecule has 2 aliphatic heterocycles. The molecule has 0 bridgehead atoms. The molecule has 4 rings (SSSR count). The van der Waals surface area contributed by atoms with Crippen LogP contribution in [0.5, 0.6) is 17.2 Å².